The molecule has 0 aromatic heterocycles. The highest BCUT2D eigenvalue weighted by Crippen LogP contribution is 2.41. The molecule has 1 aliphatic carbocycles. The zero-order valence-corrected chi connectivity index (χ0v) is 8.01. The van der Waals surface area contributed by atoms with Gasteiger partial charge in [-0.3, -0.25) is 9.59 Å². The zero-order valence-electron chi connectivity index (χ0n) is 8.01. The monoisotopic (exact) mass is 205 g/mol. The molecule has 0 aliphatic heterocycles. The highest BCUT2D eigenvalue weighted by atomic mass is 16.4. The molecule has 2 atom stereocenters. The van der Waals surface area contributed by atoms with Gasteiger partial charge in [0.25, 0.3) is 0 Å². The predicted molar refractivity (Wildman–Crippen MR) is 53.4 cm³/mol. The number of primary amides is 1. The number of carboxylic acid groups (broad SMARTS) is 1. The minimum Gasteiger partial charge on any atom is -0.481 e. The molecule has 1 aromatic rings. The van der Waals surface area contributed by atoms with E-state index in [2.05, 4.69) is 0 Å². The summed E-state index contributed by atoms with van der Waals surface area (Å²) in [6, 6.07) is 7.09. The Balaban J connectivity index is 2.48. The minimum atomic E-state index is -0.897. The number of benzene rings is 1. The van der Waals surface area contributed by atoms with Gasteiger partial charge in [-0.2, -0.15) is 0 Å². The summed E-state index contributed by atoms with van der Waals surface area (Å²) in [5.41, 5.74) is 6.72. The van der Waals surface area contributed by atoms with Crippen molar-refractivity contribution >= 4 is 11.9 Å². The molecule has 1 aromatic carbocycles. The molecule has 0 fully saturated rings. The third kappa shape index (κ3) is 1.48. The van der Waals surface area contributed by atoms with Gasteiger partial charge in [0.15, 0.2) is 0 Å². The molecule has 0 bridgehead atoms. The number of hydrogen-bond acceptors (Lipinski definition) is 2. The van der Waals surface area contributed by atoms with Gasteiger partial charge >= 0.3 is 5.97 Å². The van der Waals surface area contributed by atoms with Crippen LogP contribution in [-0.4, -0.2) is 17.0 Å². The Labute approximate surface area is 86.7 Å². The van der Waals surface area contributed by atoms with Gasteiger partial charge in [0, 0.05) is 0 Å². The van der Waals surface area contributed by atoms with Gasteiger partial charge in [-0.25, -0.2) is 0 Å². The normalized spacial score (nSPS) is 23.5. The molecule has 15 heavy (non-hydrogen) atoms. The largest absolute Gasteiger partial charge is 0.481 e. The summed E-state index contributed by atoms with van der Waals surface area (Å²) in [7, 11) is 0. The second-order valence-electron chi connectivity index (χ2n) is 3.71. The highest BCUT2D eigenvalue weighted by molar-refractivity contribution is 5.88. The van der Waals surface area contributed by atoms with Gasteiger partial charge in [0.05, 0.1) is 11.8 Å². The maximum atomic E-state index is 11.2. The van der Waals surface area contributed by atoms with Crippen molar-refractivity contribution in [3.8, 4) is 0 Å². The second-order valence-corrected chi connectivity index (χ2v) is 3.71. The first-order valence-electron chi connectivity index (χ1n) is 4.72. The van der Waals surface area contributed by atoms with Crippen LogP contribution in [0.4, 0.5) is 0 Å². The Morgan fingerprint density at radius 3 is 2.20 bits per heavy atom. The molecular weight excluding hydrogens is 194 g/mol. The van der Waals surface area contributed by atoms with Crippen molar-refractivity contribution < 1.29 is 14.7 Å². The van der Waals surface area contributed by atoms with Crippen molar-refractivity contribution in [3.05, 3.63) is 35.4 Å². The van der Waals surface area contributed by atoms with E-state index in [1.165, 1.54) is 0 Å². The maximum absolute atomic E-state index is 11.2. The van der Waals surface area contributed by atoms with E-state index in [9.17, 15) is 9.59 Å². The molecule has 0 saturated heterocycles. The van der Waals surface area contributed by atoms with Crippen LogP contribution in [0.5, 0.6) is 0 Å². The number of carbonyl (C=O) groups is 2. The molecule has 3 N–H and O–H groups in total. The molecule has 0 saturated carbocycles. The lowest BCUT2D eigenvalue weighted by atomic mass is 10.0. The van der Waals surface area contributed by atoms with Gasteiger partial charge in [-0.05, 0) is 17.5 Å². The summed E-state index contributed by atoms with van der Waals surface area (Å²) in [5.74, 6) is -2.40. The molecule has 4 heteroatoms. The van der Waals surface area contributed by atoms with Crippen molar-refractivity contribution in [3.63, 3.8) is 0 Å². The van der Waals surface area contributed by atoms with E-state index in [1.807, 2.05) is 0 Å². The molecule has 1 aliphatic rings. The summed E-state index contributed by atoms with van der Waals surface area (Å²) in [4.78, 5) is 22.1. The standard InChI is InChI=1S/C11H11NO3/c12-10(13)8-5-9(11(14)15)7-4-2-1-3-6(7)8/h1-4,8-9H,5H2,(H2,12,13)(H,14,15)/t8-,9+/m1/s1. The fourth-order valence-corrected chi connectivity index (χ4v) is 2.14. The molecule has 0 unspecified atom stereocenters. The van der Waals surface area contributed by atoms with Crippen LogP contribution < -0.4 is 5.73 Å². The van der Waals surface area contributed by atoms with Gasteiger partial charge in [-0.1, -0.05) is 24.3 Å². The number of amides is 1. The number of rotatable bonds is 2. The molecule has 1 amide bonds. The first-order valence-corrected chi connectivity index (χ1v) is 4.72. The first kappa shape index (κ1) is 9.71. The van der Waals surface area contributed by atoms with Crippen molar-refractivity contribution in [2.75, 3.05) is 0 Å². The molecule has 0 radical (unpaired) electrons. The van der Waals surface area contributed by atoms with Crippen LogP contribution in [0.1, 0.15) is 29.4 Å². The number of fused-ring (bicyclic) bond motifs is 1. The number of carbonyl (C=O) groups excluding carboxylic acids is 1. The minimum absolute atomic E-state index is 0.282. The van der Waals surface area contributed by atoms with Gasteiger partial charge in [0.1, 0.15) is 0 Å². The SMILES string of the molecule is NC(=O)[C@@H]1C[C@H](C(=O)O)c2ccccc21. The van der Waals surface area contributed by atoms with Crippen LogP contribution in [-0.2, 0) is 9.59 Å². The van der Waals surface area contributed by atoms with Crippen molar-refractivity contribution in [2.24, 2.45) is 5.73 Å². The molecule has 0 spiro atoms. The summed E-state index contributed by atoms with van der Waals surface area (Å²) >= 11 is 0. The number of nitrogens with two attached hydrogens (primary N) is 1. The summed E-state index contributed by atoms with van der Waals surface area (Å²) in [6.07, 6.45) is 0.282. The Morgan fingerprint density at radius 2 is 1.73 bits per heavy atom. The lowest BCUT2D eigenvalue weighted by molar-refractivity contribution is -0.138. The maximum Gasteiger partial charge on any atom is 0.311 e. The van der Waals surface area contributed by atoms with E-state index >= 15 is 0 Å². The highest BCUT2D eigenvalue weighted by Gasteiger charge is 2.37. The van der Waals surface area contributed by atoms with Crippen LogP contribution in [0.2, 0.25) is 0 Å². The summed E-state index contributed by atoms with van der Waals surface area (Å²) < 4.78 is 0. The van der Waals surface area contributed by atoms with E-state index in [4.69, 9.17) is 10.8 Å². The van der Waals surface area contributed by atoms with E-state index in [-0.39, 0.29) is 6.42 Å². The van der Waals surface area contributed by atoms with Gasteiger partial charge in [0.2, 0.25) is 5.91 Å². The van der Waals surface area contributed by atoms with Gasteiger partial charge in [-0.15, -0.1) is 0 Å². The topological polar surface area (TPSA) is 80.4 Å². The van der Waals surface area contributed by atoms with Crippen LogP contribution >= 0.6 is 0 Å². The number of hydrogen-bond donors (Lipinski definition) is 2. The van der Waals surface area contributed by atoms with Crippen molar-refractivity contribution in [2.45, 2.75) is 18.3 Å². The Kier molecular flexibility index (Phi) is 2.19. The van der Waals surface area contributed by atoms with E-state index in [0.717, 1.165) is 5.56 Å². The van der Waals surface area contributed by atoms with Crippen molar-refractivity contribution in [1.29, 1.82) is 0 Å². The molecule has 2 rings (SSSR count). The fourth-order valence-electron chi connectivity index (χ4n) is 2.14. The van der Waals surface area contributed by atoms with Crippen LogP contribution in [0, 0.1) is 0 Å². The fraction of sp³-hybridized carbons (Fsp3) is 0.273. The molecule has 4 nitrogen and oxygen atoms in total. The second kappa shape index (κ2) is 3.38. The van der Waals surface area contributed by atoms with E-state index < -0.39 is 23.7 Å². The third-order valence-electron chi connectivity index (χ3n) is 2.86. The average Bonchev–Trinajstić information content (AvgIpc) is 2.56. The molecule has 0 heterocycles. The Hall–Kier alpha value is -1.84. The van der Waals surface area contributed by atoms with E-state index in [0.29, 0.717) is 5.56 Å². The molecular formula is C11H11NO3. The van der Waals surface area contributed by atoms with Crippen LogP contribution in [0.3, 0.4) is 0 Å². The lowest BCUT2D eigenvalue weighted by Gasteiger charge is -2.04. The van der Waals surface area contributed by atoms with Crippen LogP contribution in [0.15, 0.2) is 24.3 Å². The predicted octanol–water partition coefficient (Wildman–Crippen LogP) is 0.827. The Morgan fingerprint density at radius 1 is 1.20 bits per heavy atom. The molecule has 78 valence electrons. The number of aliphatic carboxylic acids is 1. The zero-order chi connectivity index (χ0) is 11.0. The number of carboxylic acids is 1. The summed E-state index contributed by atoms with van der Waals surface area (Å²) in [5, 5.41) is 9.01. The average molecular weight is 205 g/mol. The van der Waals surface area contributed by atoms with Crippen LogP contribution in [0.25, 0.3) is 0 Å². The van der Waals surface area contributed by atoms with Crippen molar-refractivity contribution in [1.82, 2.24) is 0 Å². The quantitative estimate of drug-likeness (QED) is 0.750. The summed E-state index contributed by atoms with van der Waals surface area (Å²) in [6.45, 7) is 0. The lowest BCUT2D eigenvalue weighted by Crippen LogP contribution is -2.20. The third-order valence-corrected chi connectivity index (χ3v) is 2.86. The smallest absolute Gasteiger partial charge is 0.311 e. The van der Waals surface area contributed by atoms with E-state index in [1.54, 1.807) is 24.3 Å². The first-order chi connectivity index (χ1) is 7.11. The van der Waals surface area contributed by atoms with Gasteiger partial charge < -0.3 is 10.8 Å². The Bertz CT molecular complexity index is 389.